The molecule has 3 aromatic rings. The van der Waals surface area contributed by atoms with Crippen molar-refractivity contribution in [1.82, 2.24) is 29.1 Å². The highest BCUT2D eigenvalue weighted by atomic mass is 15.3. The molecular formula is C20H29N7. The second-order valence-electron chi connectivity index (χ2n) is 6.28. The SMILES string of the molecule is C/C=C\N=C(C)CC.CCCc1c(Cn2ccnc2)ncn2nc(C)nc12. The van der Waals surface area contributed by atoms with Gasteiger partial charge in [0.25, 0.3) is 0 Å². The average Bonchev–Trinajstić information content (AvgIpc) is 3.31. The molecule has 0 saturated heterocycles. The number of allylic oxidation sites excluding steroid dienone is 1. The number of rotatable bonds is 6. The van der Waals surface area contributed by atoms with Crippen LogP contribution < -0.4 is 0 Å². The third-order valence-corrected chi connectivity index (χ3v) is 4.03. The van der Waals surface area contributed by atoms with E-state index >= 15 is 0 Å². The monoisotopic (exact) mass is 367 g/mol. The lowest BCUT2D eigenvalue weighted by Crippen LogP contribution is -2.07. The van der Waals surface area contributed by atoms with Gasteiger partial charge in [-0.2, -0.15) is 5.10 Å². The smallest absolute Gasteiger partial charge is 0.162 e. The first-order chi connectivity index (χ1) is 13.1. The van der Waals surface area contributed by atoms with Crippen molar-refractivity contribution >= 4 is 11.4 Å². The van der Waals surface area contributed by atoms with E-state index in [4.69, 9.17) is 0 Å². The summed E-state index contributed by atoms with van der Waals surface area (Å²) >= 11 is 0. The Morgan fingerprint density at radius 1 is 1.26 bits per heavy atom. The molecule has 0 aliphatic carbocycles. The Morgan fingerprint density at radius 2 is 2.07 bits per heavy atom. The standard InChI is InChI=1S/C13H16N6.C7H13N/c1-3-4-11-12(7-18-6-5-14-8-18)15-9-19-13(11)16-10(2)17-19;1-4-6-8-7(3)5-2/h5-6,8-9H,3-4,7H2,1-2H3;4,6H,5H2,1-3H3/b;6-4-,8-7?. The summed E-state index contributed by atoms with van der Waals surface area (Å²) < 4.78 is 3.78. The minimum Gasteiger partial charge on any atom is -0.331 e. The second kappa shape index (κ2) is 10.4. The number of hydrogen-bond acceptors (Lipinski definition) is 5. The summed E-state index contributed by atoms with van der Waals surface area (Å²) in [4.78, 5) is 17.2. The van der Waals surface area contributed by atoms with Crippen molar-refractivity contribution in [3.8, 4) is 0 Å². The molecule has 0 unspecified atom stereocenters. The van der Waals surface area contributed by atoms with E-state index in [2.05, 4.69) is 38.9 Å². The summed E-state index contributed by atoms with van der Waals surface area (Å²) in [6, 6.07) is 0. The minimum atomic E-state index is 0.720. The number of fused-ring (bicyclic) bond motifs is 1. The average molecular weight is 368 g/mol. The summed E-state index contributed by atoms with van der Waals surface area (Å²) in [6.45, 7) is 10.9. The van der Waals surface area contributed by atoms with Gasteiger partial charge in [0, 0.05) is 29.9 Å². The molecule has 0 radical (unpaired) electrons. The van der Waals surface area contributed by atoms with E-state index in [9.17, 15) is 0 Å². The second-order valence-corrected chi connectivity index (χ2v) is 6.28. The summed E-state index contributed by atoms with van der Waals surface area (Å²) in [5.74, 6) is 0.777. The minimum absolute atomic E-state index is 0.720. The highest BCUT2D eigenvalue weighted by Gasteiger charge is 2.12. The maximum atomic E-state index is 4.53. The Bertz CT molecular complexity index is 889. The molecule has 7 nitrogen and oxygen atoms in total. The van der Waals surface area contributed by atoms with Gasteiger partial charge in [0.05, 0.1) is 18.6 Å². The van der Waals surface area contributed by atoms with Crippen molar-refractivity contribution in [2.24, 2.45) is 4.99 Å². The summed E-state index contributed by atoms with van der Waals surface area (Å²) in [5, 5.41) is 4.32. The Balaban J connectivity index is 0.000000279. The first-order valence-corrected chi connectivity index (χ1v) is 9.38. The van der Waals surface area contributed by atoms with Crippen molar-refractivity contribution < 1.29 is 0 Å². The predicted molar refractivity (Wildman–Crippen MR) is 109 cm³/mol. The van der Waals surface area contributed by atoms with Gasteiger partial charge in [-0.1, -0.05) is 26.3 Å². The topological polar surface area (TPSA) is 73.3 Å². The summed E-state index contributed by atoms with van der Waals surface area (Å²) in [6.07, 6.45) is 14.1. The van der Waals surface area contributed by atoms with Crippen LogP contribution in [0.5, 0.6) is 0 Å². The van der Waals surface area contributed by atoms with E-state index in [1.807, 2.05) is 43.8 Å². The molecule has 27 heavy (non-hydrogen) atoms. The fourth-order valence-corrected chi connectivity index (χ4v) is 2.54. The van der Waals surface area contributed by atoms with Crippen LogP contribution in [0.3, 0.4) is 0 Å². The fourth-order valence-electron chi connectivity index (χ4n) is 2.54. The van der Waals surface area contributed by atoms with Crippen molar-refractivity contribution in [2.45, 2.75) is 60.4 Å². The molecule has 0 aromatic carbocycles. The normalized spacial score (nSPS) is 11.8. The van der Waals surface area contributed by atoms with E-state index < -0.39 is 0 Å². The number of imidazole rings is 1. The predicted octanol–water partition coefficient (Wildman–Crippen LogP) is 4.02. The van der Waals surface area contributed by atoms with E-state index in [1.54, 1.807) is 23.4 Å². The Hall–Kier alpha value is -2.83. The highest BCUT2D eigenvalue weighted by molar-refractivity contribution is 5.82. The van der Waals surface area contributed by atoms with E-state index in [0.29, 0.717) is 0 Å². The van der Waals surface area contributed by atoms with E-state index in [-0.39, 0.29) is 0 Å². The van der Waals surface area contributed by atoms with Crippen molar-refractivity contribution in [1.29, 1.82) is 0 Å². The van der Waals surface area contributed by atoms with Gasteiger partial charge in [-0.3, -0.25) is 4.99 Å². The molecule has 0 atom stereocenters. The number of nitrogens with zero attached hydrogens (tertiary/aromatic N) is 7. The third-order valence-electron chi connectivity index (χ3n) is 4.03. The Morgan fingerprint density at radius 3 is 2.70 bits per heavy atom. The summed E-state index contributed by atoms with van der Waals surface area (Å²) in [7, 11) is 0. The van der Waals surface area contributed by atoms with Gasteiger partial charge in [0.1, 0.15) is 12.2 Å². The van der Waals surface area contributed by atoms with Gasteiger partial charge >= 0.3 is 0 Å². The van der Waals surface area contributed by atoms with Gasteiger partial charge in [-0.15, -0.1) is 0 Å². The van der Waals surface area contributed by atoms with Crippen LogP contribution in [0.2, 0.25) is 0 Å². The zero-order valence-corrected chi connectivity index (χ0v) is 16.9. The van der Waals surface area contributed by atoms with Crippen LogP contribution >= 0.6 is 0 Å². The molecule has 7 heteroatoms. The summed E-state index contributed by atoms with van der Waals surface area (Å²) in [5.41, 5.74) is 4.33. The molecule has 0 bridgehead atoms. The molecule has 0 amide bonds. The third kappa shape index (κ3) is 5.84. The maximum Gasteiger partial charge on any atom is 0.162 e. The number of aryl methyl sites for hydroxylation is 2. The molecule has 0 aliphatic heterocycles. The van der Waals surface area contributed by atoms with Crippen molar-refractivity contribution in [3.05, 3.63) is 54.4 Å². The van der Waals surface area contributed by atoms with Gasteiger partial charge in [0.15, 0.2) is 5.65 Å². The van der Waals surface area contributed by atoms with Crippen LogP contribution in [0.25, 0.3) is 5.65 Å². The highest BCUT2D eigenvalue weighted by Crippen LogP contribution is 2.16. The van der Waals surface area contributed by atoms with Crippen LogP contribution in [0.15, 0.2) is 42.3 Å². The molecular weight excluding hydrogens is 338 g/mol. The fraction of sp³-hybridized carbons (Fsp3) is 0.450. The van der Waals surface area contributed by atoms with Gasteiger partial charge < -0.3 is 4.57 Å². The van der Waals surface area contributed by atoms with Crippen molar-refractivity contribution in [3.63, 3.8) is 0 Å². The first-order valence-electron chi connectivity index (χ1n) is 9.38. The molecule has 0 spiro atoms. The van der Waals surface area contributed by atoms with Crippen LogP contribution in [0, 0.1) is 6.92 Å². The molecule has 3 rings (SSSR count). The lowest BCUT2D eigenvalue weighted by Gasteiger charge is -2.09. The van der Waals surface area contributed by atoms with Crippen LogP contribution in [-0.2, 0) is 13.0 Å². The molecule has 144 valence electrons. The van der Waals surface area contributed by atoms with E-state index in [0.717, 1.165) is 43.0 Å². The molecule has 3 heterocycles. The van der Waals surface area contributed by atoms with Crippen molar-refractivity contribution in [2.75, 3.05) is 0 Å². The maximum absolute atomic E-state index is 4.53. The number of hydrogen-bond donors (Lipinski definition) is 0. The van der Waals surface area contributed by atoms with Crippen LogP contribution in [0.4, 0.5) is 0 Å². The lowest BCUT2D eigenvalue weighted by atomic mass is 10.1. The Kier molecular flexibility index (Phi) is 7.85. The lowest BCUT2D eigenvalue weighted by molar-refractivity contribution is 0.738. The van der Waals surface area contributed by atoms with Crippen LogP contribution in [-0.4, -0.2) is 34.8 Å². The molecule has 0 N–H and O–H groups in total. The number of aliphatic imine (C=N–C) groups is 1. The quantitative estimate of drug-likeness (QED) is 0.617. The molecule has 0 fully saturated rings. The van der Waals surface area contributed by atoms with Gasteiger partial charge in [0.2, 0.25) is 0 Å². The van der Waals surface area contributed by atoms with Crippen LogP contribution in [0.1, 0.15) is 57.6 Å². The van der Waals surface area contributed by atoms with E-state index in [1.165, 1.54) is 11.3 Å². The first kappa shape index (κ1) is 20.5. The van der Waals surface area contributed by atoms with Gasteiger partial charge in [-0.25, -0.2) is 19.5 Å². The molecule has 0 saturated carbocycles. The zero-order chi connectivity index (χ0) is 19.6. The molecule has 3 aromatic heterocycles. The molecule has 0 aliphatic rings. The Labute approximate surface area is 160 Å². The largest absolute Gasteiger partial charge is 0.331 e. The number of aromatic nitrogens is 6. The zero-order valence-electron chi connectivity index (χ0n) is 16.9. The van der Waals surface area contributed by atoms with Gasteiger partial charge in [-0.05, 0) is 33.6 Å².